The van der Waals surface area contributed by atoms with Gasteiger partial charge in [0, 0.05) is 23.9 Å². The van der Waals surface area contributed by atoms with E-state index in [-0.39, 0.29) is 57.5 Å². The number of halogens is 1. The lowest BCUT2D eigenvalue weighted by Gasteiger charge is -2.21. The average Bonchev–Trinajstić information content (AvgIpc) is 2.50. The molecular weight excluding hydrogens is 467 g/mol. The minimum Gasteiger partial charge on any atom is -0.323 e. The number of hydrogen-bond donors (Lipinski definition) is 6. The summed E-state index contributed by atoms with van der Waals surface area (Å²) in [7, 11) is -4.50. The number of nitro benzene ring substituents is 1. The molecular formula is C13H18BrN4O7PS. The van der Waals surface area contributed by atoms with Gasteiger partial charge in [-0.05, 0) is 12.0 Å². The Kier molecular flexibility index (Phi) is 7.96. The highest BCUT2D eigenvalue weighted by atomic mass is 79.9. The van der Waals surface area contributed by atoms with Gasteiger partial charge in [0.1, 0.15) is 5.78 Å². The lowest BCUT2D eigenvalue weighted by molar-refractivity contribution is -0.384. The van der Waals surface area contributed by atoms with Crippen LogP contribution in [0.3, 0.4) is 0 Å². The van der Waals surface area contributed by atoms with E-state index in [4.69, 9.17) is 0 Å². The number of thiol groups is 1. The highest BCUT2D eigenvalue weighted by Gasteiger charge is 2.29. The van der Waals surface area contributed by atoms with Crippen LogP contribution in [0.25, 0.3) is 11.0 Å². The second-order valence-electron chi connectivity index (χ2n) is 5.76. The maximum Gasteiger partial charge on any atom is 0.342 e. The molecule has 0 saturated heterocycles. The lowest BCUT2D eigenvalue weighted by atomic mass is 10.1. The topological polar surface area (TPSA) is 178 Å². The second kappa shape index (κ2) is 9.13. The number of non-ortho nitro benzene ring substituents is 1. The fraction of sp³-hybridized carbons (Fsp3) is 0.385. The molecule has 1 aromatic carbocycles. The molecule has 0 aliphatic rings. The molecule has 0 fully saturated rings. The van der Waals surface area contributed by atoms with E-state index in [2.05, 4.69) is 27.9 Å². The van der Waals surface area contributed by atoms with Crippen molar-refractivity contribution in [1.29, 1.82) is 0 Å². The molecule has 0 bridgehead atoms. The van der Waals surface area contributed by atoms with Crippen LogP contribution in [0, 0.1) is 10.1 Å². The van der Waals surface area contributed by atoms with Crippen molar-refractivity contribution in [2.45, 2.75) is 30.9 Å². The molecule has 0 spiro atoms. The van der Waals surface area contributed by atoms with Gasteiger partial charge in [-0.1, -0.05) is 6.92 Å². The fourth-order valence-electron chi connectivity index (χ4n) is 2.42. The monoisotopic (exact) mass is 484 g/mol. The summed E-state index contributed by atoms with van der Waals surface area (Å²) in [5.74, 6) is -1.22. The van der Waals surface area contributed by atoms with E-state index in [1.165, 1.54) is 0 Å². The van der Waals surface area contributed by atoms with E-state index in [9.17, 15) is 34.1 Å². The Morgan fingerprint density at radius 1 is 1.30 bits per heavy atom. The van der Waals surface area contributed by atoms with Crippen LogP contribution in [0.1, 0.15) is 18.9 Å². The van der Waals surface area contributed by atoms with Crippen LogP contribution in [0.5, 0.6) is 0 Å². The van der Waals surface area contributed by atoms with E-state index in [0.29, 0.717) is 0 Å². The Hall–Kier alpha value is -1.50. The van der Waals surface area contributed by atoms with Crippen LogP contribution in [-0.4, -0.2) is 35.7 Å². The van der Waals surface area contributed by atoms with Crippen molar-refractivity contribution in [2.24, 2.45) is 0 Å². The van der Waals surface area contributed by atoms with Crippen molar-refractivity contribution in [3.63, 3.8) is 0 Å². The molecule has 0 radical (unpaired) electrons. The minimum atomic E-state index is -4.50. The van der Waals surface area contributed by atoms with Crippen molar-refractivity contribution < 1.29 is 19.3 Å². The van der Waals surface area contributed by atoms with E-state index >= 15 is 0 Å². The summed E-state index contributed by atoms with van der Waals surface area (Å²) in [6.07, 6.45) is 0.0492. The molecule has 0 amide bonds. The van der Waals surface area contributed by atoms with Gasteiger partial charge in [-0.2, -0.15) is 12.6 Å². The zero-order valence-electron chi connectivity index (χ0n) is 13.9. The number of fused-ring (bicyclic) bond motifs is 1. The zero-order chi connectivity index (χ0) is 19.6. The summed E-state index contributed by atoms with van der Waals surface area (Å²) in [5.41, 5.74) is -1.87. The van der Waals surface area contributed by atoms with Crippen LogP contribution in [0.2, 0.25) is 0 Å². The van der Waals surface area contributed by atoms with Crippen LogP contribution in [0.4, 0.5) is 5.69 Å². The summed E-state index contributed by atoms with van der Waals surface area (Å²) in [5, 5.41) is 13.4. The molecule has 0 saturated carbocycles. The molecule has 1 aromatic heterocycles. The van der Waals surface area contributed by atoms with Gasteiger partial charge in [0.05, 0.1) is 16.0 Å². The van der Waals surface area contributed by atoms with Crippen molar-refractivity contribution in [3.8, 4) is 0 Å². The van der Waals surface area contributed by atoms with Crippen LogP contribution in [-0.2, 0) is 11.1 Å². The van der Waals surface area contributed by atoms with E-state index in [1.54, 1.807) is 6.92 Å². The second-order valence-corrected chi connectivity index (χ2v) is 8.45. The van der Waals surface area contributed by atoms with Gasteiger partial charge in [0.2, 0.25) is 0 Å². The molecule has 14 heteroatoms. The predicted molar refractivity (Wildman–Crippen MR) is 108 cm³/mol. The predicted octanol–water partition coefficient (Wildman–Crippen LogP) is 1.00. The van der Waals surface area contributed by atoms with E-state index in [1.807, 2.05) is 0 Å². The van der Waals surface area contributed by atoms with E-state index in [0.717, 1.165) is 12.1 Å². The summed E-state index contributed by atoms with van der Waals surface area (Å²) in [4.78, 5) is 56.9. The van der Waals surface area contributed by atoms with Crippen LogP contribution < -0.4 is 16.4 Å². The molecule has 5 N–H and O–H groups in total. The molecule has 0 aliphatic carbocycles. The Bertz CT molecular complexity index is 1000. The maximum absolute atomic E-state index is 11.6. The zero-order valence-corrected chi connectivity index (χ0v) is 17.4. The summed E-state index contributed by atoms with van der Waals surface area (Å²) < 4.78 is 11.6. The SMILES string of the molecule is Br.CC(S)CC(NCc1cc([N+](=O)[O-])cc2[nH]c(=O)c(=O)[nH]c12)P(=O)(O)O. The van der Waals surface area contributed by atoms with Gasteiger partial charge in [-0.25, -0.2) is 0 Å². The van der Waals surface area contributed by atoms with Gasteiger partial charge < -0.3 is 19.8 Å². The van der Waals surface area contributed by atoms with Gasteiger partial charge >= 0.3 is 18.7 Å². The maximum atomic E-state index is 11.6. The first kappa shape index (κ1) is 23.5. The smallest absolute Gasteiger partial charge is 0.323 e. The standard InChI is InChI=1S/C13H17N4O7PS.BrH/c1-6(26)2-10(25(22,23)24)14-5-7-3-8(17(20)21)4-9-11(7)16-13(19)12(18)15-9;/h3-4,6,10,14,26H,2,5H2,1H3,(H,15,18)(H,16,19)(H2,22,23,24);1H. The highest BCUT2D eigenvalue weighted by Crippen LogP contribution is 2.42. The molecule has 2 unspecified atom stereocenters. The van der Waals surface area contributed by atoms with Crippen molar-refractivity contribution in [1.82, 2.24) is 15.3 Å². The number of nitrogens with zero attached hydrogens (tertiary/aromatic N) is 1. The number of hydrogen-bond acceptors (Lipinski definition) is 7. The van der Waals surface area contributed by atoms with Crippen LogP contribution in [0.15, 0.2) is 21.7 Å². The molecule has 2 aromatic rings. The van der Waals surface area contributed by atoms with Crippen molar-refractivity contribution in [2.75, 3.05) is 0 Å². The van der Waals surface area contributed by atoms with E-state index < -0.39 is 29.4 Å². The summed E-state index contributed by atoms with van der Waals surface area (Å²) >= 11 is 4.12. The molecule has 2 rings (SSSR count). The van der Waals surface area contributed by atoms with Gasteiger partial charge in [-0.3, -0.25) is 29.6 Å². The molecule has 1 heterocycles. The van der Waals surface area contributed by atoms with Crippen LogP contribution >= 0.6 is 37.2 Å². The number of H-pyrrole nitrogens is 2. The number of rotatable bonds is 7. The first-order valence-electron chi connectivity index (χ1n) is 7.39. The minimum absolute atomic E-state index is 0. The first-order valence-corrected chi connectivity index (χ1v) is 9.59. The van der Waals surface area contributed by atoms with Crippen molar-refractivity contribution >= 4 is 53.9 Å². The Labute approximate surface area is 168 Å². The molecule has 0 aliphatic heterocycles. The Morgan fingerprint density at radius 2 is 1.89 bits per heavy atom. The normalized spacial score (nSPS) is 13.8. The molecule has 150 valence electrons. The first-order chi connectivity index (χ1) is 12.0. The average molecular weight is 485 g/mol. The third kappa shape index (κ3) is 5.99. The van der Waals surface area contributed by atoms with Gasteiger partial charge in [0.15, 0.2) is 0 Å². The molecule has 2 atom stereocenters. The fourth-order valence-corrected chi connectivity index (χ4v) is 3.71. The van der Waals surface area contributed by atoms with Gasteiger partial charge in [-0.15, -0.1) is 17.0 Å². The lowest BCUT2D eigenvalue weighted by Crippen LogP contribution is -2.32. The van der Waals surface area contributed by atoms with Crippen molar-refractivity contribution in [3.05, 3.63) is 48.5 Å². The number of nitro groups is 1. The summed E-state index contributed by atoms with van der Waals surface area (Å²) in [6, 6.07) is 2.25. The largest absolute Gasteiger partial charge is 0.342 e. The third-order valence-electron chi connectivity index (χ3n) is 3.61. The number of aromatic nitrogens is 2. The Morgan fingerprint density at radius 3 is 2.41 bits per heavy atom. The number of aromatic amines is 2. The molecule has 11 nitrogen and oxygen atoms in total. The van der Waals surface area contributed by atoms with Gasteiger partial charge in [0.25, 0.3) is 5.69 Å². The molecule has 27 heavy (non-hydrogen) atoms. The number of nitrogens with one attached hydrogen (secondary N) is 3. The highest BCUT2D eigenvalue weighted by molar-refractivity contribution is 8.93. The number of benzene rings is 1. The quantitative estimate of drug-likeness (QED) is 0.111. The Balaban J connectivity index is 0.00000364. The summed E-state index contributed by atoms with van der Waals surface area (Å²) in [6.45, 7) is 1.48. The third-order valence-corrected chi connectivity index (χ3v) is 5.02.